The third-order valence-electron chi connectivity index (χ3n) is 0.967. The minimum atomic E-state index is -3.34. The number of nitrogens with zero attached hydrogens (tertiary/aromatic N) is 2. The zero-order valence-electron chi connectivity index (χ0n) is 5.04. The Morgan fingerprint density at radius 1 is 1.73 bits per heavy atom. The van der Waals surface area contributed by atoms with Crippen molar-refractivity contribution in [1.29, 1.82) is 0 Å². The molecular formula is C4H3BrF2N2OS. The molecule has 1 aromatic heterocycles. The first kappa shape index (κ1) is 8.95. The Labute approximate surface area is 73.3 Å². The number of hydrogen-bond acceptors (Lipinski definition) is 4. The first-order chi connectivity index (χ1) is 5.02. The lowest BCUT2D eigenvalue weighted by Crippen LogP contribution is -2.18. The van der Waals surface area contributed by atoms with E-state index in [4.69, 9.17) is 5.11 Å². The van der Waals surface area contributed by atoms with Gasteiger partial charge in [-0.25, -0.2) is 0 Å². The molecular weight excluding hydrogens is 242 g/mol. The van der Waals surface area contributed by atoms with Crippen molar-refractivity contribution in [2.75, 3.05) is 0 Å². The third kappa shape index (κ3) is 2.14. The maximum atomic E-state index is 12.3. The summed E-state index contributed by atoms with van der Waals surface area (Å²) >= 11 is 2.93. The maximum Gasteiger partial charge on any atom is 0.332 e. The van der Waals surface area contributed by atoms with Gasteiger partial charge in [-0.2, -0.15) is 8.78 Å². The summed E-state index contributed by atoms with van der Waals surface area (Å²) in [4.78, 5) is -3.34. The Bertz CT molecular complexity index is 224. The summed E-state index contributed by atoms with van der Waals surface area (Å²) in [6.45, 7) is 0. The Kier molecular flexibility index (Phi) is 2.50. The second-order valence-corrected chi connectivity index (χ2v) is 3.44. The quantitative estimate of drug-likeness (QED) is 0.804. The van der Waals surface area contributed by atoms with E-state index in [9.17, 15) is 8.78 Å². The van der Waals surface area contributed by atoms with Crippen LogP contribution in [-0.4, -0.2) is 19.5 Å². The molecule has 0 fully saturated rings. The second-order valence-electron chi connectivity index (χ2n) is 1.77. The highest BCUT2D eigenvalue weighted by Crippen LogP contribution is 2.35. The first-order valence-corrected chi connectivity index (χ1v) is 4.16. The molecule has 0 aliphatic rings. The highest BCUT2D eigenvalue weighted by atomic mass is 79.9. The van der Waals surface area contributed by atoms with E-state index < -0.39 is 10.9 Å². The summed E-state index contributed by atoms with van der Waals surface area (Å²) in [6, 6.07) is 0. The third-order valence-corrected chi connectivity index (χ3v) is 1.92. The predicted molar refractivity (Wildman–Crippen MR) is 38.7 cm³/mol. The summed E-state index contributed by atoms with van der Waals surface area (Å²) in [7, 11) is 0. The molecule has 7 heteroatoms. The zero-order valence-corrected chi connectivity index (χ0v) is 7.44. The molecule has 1 atom stereocenters. The summed E-state index contributed by atoms with van der Waals surface area (Å²) in [6.07, 6.45) is -1.93. The van der Waals surface area contributed by atoms with Crippen LogP contribution in [0.5, 0.6) is 0 Å². The van der Waals surface area contributed by atoms with Crippen LogP contribution >= 0.6 is 27.5 Å². The first-order valence-electron chi connectivity index (χ1n) is 2.53. The van der Waals surface area contributed by atoms with Crippen LogP contribution in [0, 0.1) is 0 Å². The molecule has 1 unspecified atom stereocenters. The number of aromatic nitrogens is 2. The van der Waals surface area contributed by atoms with Crippen molar-refractivity contribution in [3.8, 4) is 0 Å². The number of alkyl halides is 3. The molecule has 0 radical (unpaired) electrons. The molecule has 3 nitrogen and oxygen atoms in total. The van der Waals surface area contributed by atoms with Crippen LogP contribution in [0.15, 0.2) is 5.38 Å². The van der Waals surface area contributed by atoms with Crippen molar-refractivity contribution < 1.29 is 13.9 Å². The van der Waals surface area contributed by atoms with E-state index in [2.05, 4.69) is 9.59 Å². The van der Waals surface area contributed by atoms with Crippen molar-refractivity contribution in [3.63, 3.8) is 0 Å². The van der Waals surface area contributed by atoms with Crippen LogP contribution < -0.4 is 0 Å². The van der Waals surface area contributed by atoms with Gasteiger partial charge in [-0.05, 0) is 27.5 Å². The van der Waals surface area contributed by atoms with Crippen LogP contribution in [-0.2, 0) is 0 Å². The fourth-order valence-corrected chi connectivity index (χ4v) is 1.17. The molecule has 0 saturated carbocycles. The fourth-order valence-electron chi connectivity index (χ4n) is 0.459. The van der Waals surface area contributed by atoms with Crippen LogP contribution in [0.3, 0.4) is 0 Å². The molecule has 0 bridgehead atoms. The van der Waals surface area contributed by atoms with Crippen molar-refractivity contribution in [3.05, 3.63) is 11.1 Å². The van der Waals surface area contributed by atoms with E-state index in [1.165, 1.54) is 5.38 Å². The van der Waals surface area contributed by atoms with Crippen LogP contribution in [0.1, 0.15) is 11.8 Å². The number of rotatable bonds is 2. The smallest absolute Gasteiger partial charge is 0.332 e. The van der Waals surface area contributed by atoms with Crippen LogP contribution in [0.4, 0.5) is 8.78 Å². The Morgan fingerprint density at radius 3 is 2.73 bits per heavy atom. The topological polar surface area (TPSA) is 46.0 Å². The molecule has 0 spiro atoms. The van der Waals surface area contributed by atoms with Gasteiger partial charge in [-0.15, -0.1) is 5.10 Å². The molecule has 1 heterocycles. The molecule has 0 aliphatic carbocycles. The summed E-state index contributed by atoms with van der Waals surface area (Å²) in [5.74, 6) is 0. The van der Waals surface area contributed by atoms with Gasteiger partial charge < -0.3 is 5.11 Å². The summed E-state index contributed by atoms with van der Waals surface area (Å²) in [5, 5.41) is 13.4. The minimum Gasteiger partial charge on any atom is -0.380 e. The largest absolute Gasteiger partial charge is 0.380 e. The lowest BCUT2D eigenvalue weighted by atomic mass is 10.3. The molecule has 1 rings (SSSR count). The average Bonchev–Trinajstić information content (AvgIpc) is 2.34. The van der Waals surface area contributed by atoms with Gasteiger partial charge in [0.25, 0.3) is 0 Å². The molecule has 1 aromatic rings. The van der Waals surface area contributed by atoms with E-state index in [0.29, 0.717) is 0 Å². The van der Waals surface area contributed by atoms with Gasteiger partial charge in [0.2, 0.25) is 0 Å². The molecule has 62 valence electrons. The lowest BCUT2D eigenvalue weighted by molar-refractivity contribution is -0.0317. The normalized spacial score (nSPS) is 14.9. The Morgan fingerprint density at radius 2 is 2.36 bits per heavy atom. The summed E-state index contributed by atoms with van der Waals surface area (Å²) < 4.78 is 27.9. The van der Waals surface area contributed by atoms with Crippen LogP contribution in [0.25, 0.3) is 0 Å². The SMILES string of the molecule is OC(c1csnn1)C(F)(F)Br. The van der Waals surface area contributed by atoms with Gasteiger partial charge in [0.1, 0.15) is 5.69 Å². The van der Waals surface area contributed by atoms with Gasteiger partial charge >= 0.3 is 4.83 Å². The Balaban J connectivity index is 2.78. The van der Waals surface area contributed by atoms with Gasteiger partial charge in [-0.3, -0.25) is 0 Å². The van der Waals surface area contributed by atoms with Gasteiger partial charge in [0.05, 0.1) is 0 Å². The van der Waals surface area contributed by atoms with Gasteiger partial charge in [-0.1, -0.05) is 4.49 Å². The van der Waals surface area contributed by atoms with Crippen molar-refractivity contribution >= 4 is 27.5 Å². The maximum absolute atomic E-state index is 12.3. The second kappa shape index (κ2) is 3.08. The molecule has 0 aromatic carbocycles. The Hall–Kier alpha value is -0.140. The van der Waals surface area contributed by atoms with Crippen molar-refractivity contribution in [1.82, 2.24) is 9.59 Å². The summed E-state index contributed by atoms with van der Waals surface area (Å²) in [5.41, 5.74) is -0.128. The number of halogens is 3. The van der Waals surface area contributed by atoms with E-state index in [1.807, 2.05) is 15.9 Å². The van der Waals surface area contributed by atoms with Crippen molar-refractivity contribution in [2.24, 2.45) is 0 Å². The molecule has 0 amide bonds. The number of aliphatic hydroxyl groups is 1. The van der Waals surface area contributed by atoms with Crippen LogP contribution in [0.2, 0.25) is 0 Å². The van der Waals surface area contributed by atoms with Crippen molar-refractivity contribution in [2.45, 2.75) is 10.9 Å². The number of aliphatic hydroxyl groups excluding tert-OH is 1. The highest BCUT2D eigenvalue weighted by molar-refractivity contribution is 9.10. The fraction of sp³-hybridized carbons (Fsp3) is 0.500. The highest BCUT2D eigenvalue weighted by Gasteiger charge is 2.37. The standard InChI is InChI=1S/C4H3BrF2N2OS/c5-4(6,7)3(10)2-1-11-9-8-2/h1,3,10H. The molecule has 11 heavy (non-hydrogen) atoms. The van der Waals surface area contributed by atoms with E-state index in [-0.39, 0.29) is 5.69 Å². The minimum absolute atomic E-state index is 0.128. The monoisotopic (exact) mass is 244 g/mol. The van der Waals surface area contributed by atoms with Gasteiger partial charge in [0, 0.05) is 5.38 Å². The average molecular weight is 245 g/mol. The predicted octanol–water partition coefficient (Wildman–Crippen LogP) is 1.56. The van der Waals surface area contributed by atoms with E-state index in [0.717, 1.165) is 11.5 Å². The number of hydrogen-bond donors (Lipinski definition) is 1. The molecule has 0 saturated heterocycles. The van der Waals surface area contributed by atoms with E-state index in [1.54, 1.807) is 0 Å². The molecule has 0 aliphatic heterocycles. The lowest BCUT2D eigenvalue weighted by Gasteiger charge is -2.12. The zero-order chi connectivity index (χ0) is 8.48. The van der Waals surface area contributed by atoms with Gasteiger partial charge in [0.15, 0.2) is 6.10 Å². The van der Waals surface area contributed by atoms with E-state index >= 15 is 0 Å². The molecule has 1 N–H and O–H groups in total.